The minimum absolute atomic E-state index is 0.0635. The normalized spacial score (nSPS) is 24.8. The third-order valence-electron chi connectivity index (χ3n) is 4.71. The lowest BCUT2D eigenvalue weighted by atomic mass is 10.1. The Morgan fingerprint density at radius 3 is 2.60 bits per heavy atom. The molecule has 1 atom stereocenters. The van der Waals surface area contributed by atoms with E-state index in [4.69, 9.17) is 0 Å². The van der Waals surface area contributed by atoms with E-state index >= 15 is 0 Å². The fraction of sp³-hybridized carbons (Fsp3) is 0.733. The molecular weight excluding hydrogens is 250 g/mol. The van der Waals surface area contributed by atoms with Crippen LogP contribution in [-0.4, -0.2) is 51.3 Å². The monoisotopic (exact) mass is 273 g/mol. The molecule has 5 nitrogen and oxygen atoms in total. The molecule has 0 amide bonds. The molecule has 5 heteroatoms. The van der Waals surface area contributed by atoms with Crippen molar-refractivity contribution in [2.45, 2.75) is 45.3 Å². The topological polar surface area (TPSA) is 48.1 Å². The smallest absolute Gasteiger partial charge is 0.111 e. The molecule has 108 valence electrons. The molecule has 0 spiro atoms. The number of nitriles is 1. The van der Waals surface area contributed by atoms with Crippen molar-refractivity contribution in [1.29, 1.82) is 5.26 Å². The molecule has 1 saturated carbocycles. The molecule has 20 heavy (non-hydrogen) atoms. The SMILES string of the molecule is Cc1nn(C)c(C)c1CN1CCN(C2CC2)C(C#N)C1. The lowest BCUT2D eigenvalue weighted by Crippen LogP contribution is -2.53. The minimum Gasteiger partial charge on any atom is -0.295 e. The third-order valence-corrected chi connectivity index (χ3v) is 4.71. The fourth-order valence-electron chi connectivity index (χ4n) is 3.23. The summed E-state index contributed by atoms with van der Waals surface area (Å²) in [6, 6.07) is 3.24. The van der Waals surface area contributed by atoms with Crippen LogP contribution in [0.25, 0.3) is 0 Å². The largest absolute Gasteiger partial charge is 0.295 e. The van der Waals surface area contributed by atoms with Crippen molar-refractivity contribution in [1.82, 2.24) is 19.6 Å². The predicted octanol–water partition coefficient (Wildman–Crippen LogP) is 1.21. The summed E-state index contributed by atoms with van der Waals surface area (Å²) in [5, 5.41) is 13.9. The van der Waals surface area contributed by atoms with Gasteiger partial charge in [-0.1, -0.05) is 0 Å². The zero-order chi connectivity index (χ0) is 14.3. The Labute approximate surface area is 120 Å². The number of rotatable bonds is 3. The molecule has 1 aromatic rings. The molecule has 1 aliphatic carbocycles. The Morgan fingerprint density at radius 1 is 1.30 bits per heavy atom. The Bertz CT molecular complexity index is 537. The van der Waals surface area contributed by atoms with Gasteiger partial charge in [0, 0.05) is 50.5 Å². The highest BCUT2D eigenvalue weighted by Crippen LogP contribution is 2.30. The van der Waals surface area contributed by atoms with Crippen LogP contribution >= 0.6 is 0 Å². The van der Waals surface area contributed by atoms with Crippen LogP contribution in [-0.2, 0) is 13.6 Å². The second-order valence-corrected chi connectivity index (χ2v) is 6.12. The van der Waals surface area contributed by atoms with Crippen LogP contribution in [0, 0.1) is 25.2 Å². The van der Waals surface area contributed by atoms with Gasteiger partial charge in [-0.2, -0.15) is 10.4 Å². The maximum absolute atomic E-state index is 9.40. The van der Waals surface area contributed by atoms with Crippen molar-refractivity contribution in [3.05, 3.63) is 17.0 Å². The van der Waals surface area contributed by atoms with Crippen molar-refractivity contribution in [3.63, 3.8) is 0 Å². The summed E-state index contributed by atoms with van der Waals surface area (Å²) in [6.07, 6.45) is 2.55. The predicted molar refractivity (Wildman–Crippen MR) is 77.1 cm³/mol. The first-order valence-corrected chi connectivity index (χ1v) is 7.47. The van der Waals surface area contributed by atoms with E-state index in [0.29, 0.717) is 6.04 Å². The first-order chi connectivity index (χ1) is 9.60. The van der Waals surface area contributed by atoms with Crippen molar-refractivity contribution < 1.29 is 0 Å². The Kier molecular flexibility index (Phi) is 3.53. The van der Waals surface area contributed by atoms with E-state index in [0.717, 1.165) is 31.9 Å². The molecule has 0 radical (unpaired) electrons. The van der Waals surface area contributed by atoms with E-state index in [2.05, 4.69) is 34.8 Å². The van der Waals surface area contributed by atoms with Crippen molar-refractivity contribution >= 4 is 0 Å². The van der Waals surface area contributed by atoms with Crippen LogP contribution in [0.2, 0.25) is 0 Å². The Hall–Kier alpha value is -1.38. The minimum atomic E-state index is 0.0635. The summed E-state index contributed by atoms with van der Waals surface area (Å²) in [6.45, 7) is 8.06. The quantitative estimate of drug-likeness (QED) is 0.830. The van der Waals surface area contributed by atoms with Gasteiger partial charge >= 0.3 is 0 Å². The highest BCUT2D eigenvalue weighted by Gasteiger charge is 2.37. The Morgan fingerprint density at radius 2 is 2.05 bits per heavy atom. The standard InChI is InChI=1S/C15H23N5/c1-11-15(12(2)18(3)17-11)10-19-6-7-20(13-4-5-13)14(8-16)9-19/h13-14H,4-7,9-10H2,1-3H3. The summed E-state index contributed by atoms with van der Waals surface area (Å²) >= 11 is 0. The van der Waals surface area contributed by atoms with Gasteiger partial charge in [-0.3, -0.25) is 14.5 Å². The maximum atomic E-state index is 9.40. The molecule has 2 fully saturated rings. The van der Waals surface area contributed by atoms with Crippen molar-refractivity contribution in [2.75, 3.05) is 19.6 Å². The van der Waals surface area contributed by atoms with Crippen LogP contribution in [0.3, 0.4) is 0 Å². The van der Waals surface area contributed by atoms with E-state index < -0.39 is 0 Å². The second-order valence-electron chi connectivity index (χ2n) is 6.12. The third kappa shape index (κ3) is 2.46. The van der Waals surface area contributed by atoms with Gasteiger partial charge in [0.05, 0.1) is 11.8 Å². The zero-order valence-corrected chi connectivity index (χ0v) is 12.6. The van der Waals surface area contributed by atoms with Gasteiger partial charge in [0.15, 0.2) is 0 Å². The van der Waals surface area contributed by atoms with E-state index in [-0.39, 0.29) is 6.04 Å². The van der Waals surface area contributed by atoms with Gasteiger partial charge < -0.3 is 0 Å². The lowest BCUT2D eigenvalue weighted by Gasteiger charge is -2.38. The molecular formula is C15H23N5. The summed E-state index contributed by atoms with van der Waals surface area (Å²) in [5.74, 6) is 0. The van der Waals surface area contributed by atoms with Crippen LogP contribution in [0.5, 0.6) is 0 Å². The van der Waals surface area contributed by atoms with Gasteiger partial charge in [0.2, 0.25) is 0 Å². The van der Waals surface area contributed by atoms with E-state index in [1.165, 1.54) is 24.1 Å². The summed E-state index contributed by atoms with van der Waals surface area (Å²) < 4.78 is 1.95. The summed E-state index contributed by atoms with van der Waals surface area (Å²) in [5.41, 5.74) is 3.67. The van der Waals surface area contributed by atoms with Gasteiger partial charge in [-0.15, -0.1) is 0 Å². The van der Waals surface area contributed by atoms with Gasteiger partial charge in [-0.05, 0) is 26.7 Å². The summed E-state index contributed by atoms with van der Waals surface area (Å²) in [4.78, 5) is 4.81. The first-order valence-electron chi connectivity index (χ1n) is 7.47. The van der Waals surface area contributed by atoms with E-state index in [9.17, 15) is 5.26 Å². The number of hydrogen-bond donors (Lipinski definition) is 0. The van der Waals surface area contributed by atoms with Crippen LogP contribution in [0.15, 0.2) is 0 Å². The van der Waals surface area contributed by atoms with Crippen LogP contribution in [0.4, 0.5) is 0 Å². The van der Waals surface area contributed by atoms with Gasteiger partial charge in [0.1, 0.15) is 6.04 Å². The highest BCUT2D eigenvalue weighted by atomic mass is 15.3. The molecule has 2 heterocycles. The molecule has 3 rings (SSSR count). The second kappa shape index (κ2) is 5.19. The average Bonchev–Trinajstić information content (AvgIpc) is 3.24. The lowest BCUT2D eigenvalue weighted by molar-refractivity contribution is 0.0895. The van der Waals surface area contributed by atoms with Gasteiger partial charge in [0.25, 0.3) is 0 Å². The van der Waals surface area contributed by atoms with Crippen molar-refractivity contribution in [3.8, 4) is 6.07 Å². The van der Waals surface area contributed by atoms with Crippen LogP contribution in [0.1, 0.15) is 29.8 Å². The molecule has 1 aromatic heterocycles. The van der Waals surface area contributed by atoms with E-state index in [1.54, 1.807) is 0 Å². The highest BCUT2D eigenvalue weighted by molar-refractivity contribution is 5.24. The average molecular weight is 273 g/mol. The number of piperazine rings is 1. The first kappa shape index (κ1) is 13.6. The number of aryl methyl sites for hydroxylation is 2. The Balaban J connectivity index is 1.68. The zero-order valence-electron chi connectivity index (χ0n) is 12.6. The molecule has 0 bridgehead atoms. The molecule has 1 aliphatic heterocycles. The summed E-state index contributed by atoms with van der Waals surface area (Å²) in [7, 11) is 1.99. The van der Waals surface area contributed by atoms with Crippen molar-refractivity contribution in [2.24, 2.45) is 7.05 Å². The van der Waals surface area contributed by atoms with Crippen LogP contribution < -0.4 is 0 Å². The molecule has 0 aromatic carbocycles. The number of hydrogen-bond acceptors (Lipinski definition) is 4. The van der Waals surface area contributed by atoms with Gasteiger partial charge in [-0.25, -0.2) is 0 Å². The number of aromatic nitrogens is 2. The molecule has 1 unspecified atom stereocenters. The number of nitrogens with zero attached hydrogens (tertiary/aromatic N) is 5. The maximum Gasteiger partial charge on any atom is 0.111 e. The molecule has 1 saturated heterocycles. The molecule has 2 aliphatic rings. The van der Waals surface area contributed by atoms with E-state index in [1.807, 2.05) is 11.7 Å². The fourth-order valence-corrected chi connectivity index (χ4v) is 3.23. The molecule has 0 N–H and O–H groups in total.